The summed E-state index contributed by atoms with van der Waals surface area (Å²) in [6.45, 7) is 4.42. The number of hydrogen-bond donors (Lipinski definition) is 1. The van der Waals surface area contributed by atoms with Crippen LogP contribution < -0.4 is 16.4 Å². The van der Waals surface area contributed by atoms with Crippen LogP contribution in [0.25, 0.3) is 10.8 Å². The number of nitrogens with zero attached hydrogens (tertiary/aromatic N) is 4. The second-order valence-corrected chi connectivity index (χ2v) is 10.3. The number of likely N-dealkylation sites (tertiary alicyclic amines) is 1. The second-order valence-electron chi connectivity index (χ2n) is 10.3. The second kappa shape index (κ2) is 8.12. The molecule has 0 spiro atoms. The van der Waals surface area contributed by atoms with E-state index in [4.69, 9.17) is 4.74 Å². The largest absolute Gasteiger partial charge is 0.419 e. The topological polar surface area (TPSA) is 81.4 Å². The van der Waals surface area contributed by atoms with Crippen LogP contribution in [0.5, 0.6) is 0 Å². The van der Waals surface area contributed by atoms with Gasteiger partial charge in [-0.15, -0.1) is 0 Å². The van der Waals surface area contributed by atoms with Crippen molar-refractivity contribution >= 4 is 16.6 Å². The Bertz CT molecular complexity index is 1530. The highest BCUT2D eigenvalue weighted by molar-refractivity contribution is 5.90. The Labute approximate surface area is 208 Å². The van der Waals surface area contributed by atoms with Crippen molar-refractivity contribution in [1.82, 2.24) is 19.2 Å². The van der Waals surface area contributed by atoms with Gasteiger partial charge in [0.25, 0.3) is 11.1 Å². The van der Waals surface area contributed by atoms with E-state index in [1.54, 1.807) is 10.8 Å². The molecule has 4 heterocycles. The number of anilines is 1. The highest BCUT2D eigenvalue weighted by atomic mass is 19.4. The van der Waals surface area contributed by atoms with Gasteiger partial charge in [-0.3, -0.25) is 14.5 Å². The number of benzene rings is 1. The van der Waals surface area contributed by atoms with Crippen LogP contribution in [0, 0.1) is 11.7 Å². The maximum atomic E-state index is 14.8. The summed E-state index contributed by atoms with van der Waals surface area (Å²) in [5.41, 5.74) is -2.70. The Morgan fingerprint density at radius 3 is 2.65 bits per heavy atom. The Kier molecular flexibility index (Phi) is 5.29. The number of hydrogen-bond acceptors (Lipinski definition) is 6. The molecule has 2 aliphatic heterocycles. The first-order chi connectivity index (χ1) is 17.5. The summed E-state index contributed by atoms with van der Waals surface area (Å²) in [6, 6.07) is 3.83. The Hall–Kier alpha value is -3.25. The first-order valence-corrected chi connectivity index (χ1v) is 12.1. The van der Waals surface area contributed by atoms with E-state index in [1.807, 2.05) is 0 Å². The highest BCUT2D eigenvalue weighted by Crippen LogP contribution is 2.55. The van der Waals surface area contributed by atoms with Gasteiger partial charge < -0.3 is 14.6 Å². The fourth-order valence-corrected chi connectivity index (χ4v) is 5.74. The van der Waals surface area contributed by atoms with Gasteiger partial charge in [-0.25, -0.2) is 9.07 Å². The zero-order valence-corrected chi connectivity index (χ0v) is 20.2. The van der Waals surface area contributed by atoms with Gasteiger partial charge in [0.2, 0.25) is 0 Å². The number of pyridine rings is 1. The molecule has 6 rings (SSSR count). The molecular formula is C25H25F4N5O3. The van der Waals surface area contributed by atoms with Crippen LogP contribution >= 0.6 is 0 Å². The Morgan fingerprint density at radius 1 is 1.22 bits per heavy atom. The van der Waals surface area contributed by atoms with Crippen molar-refractivity contribution in [1.29, 1.82) is 0 Å². The molecule has 2 unspecified atom stereocenters. The van der Waals surface area contributed by atoms with E-state index in [0.717, 1.165) is 23.7 Å². The lowest BCUT2D eigenvalue weighted by Gasteiger charge is -2.36. The number of piperidine rings is 1. The third-order valence-electron chi connectivity index (χ3n) is 7.98. The van der Waals surface area contributed by atoms with Crippen molar-refractivity contribution in [2.75, 3.05) is 31.6 Å². The number of aryl methyl sites for hydroxylation is 1. The molecule has 0 amide bonds. The zero-order valence-electron chi connectivity index (χ0n) is 20.2. The highest BCUT2D eigenvalue weighted by Gasteiger charge is 2.63. The van der Waals surface area contributed by atoms with Gasteiger partial charge in [0, 0.05) is 43.4 Å². The summed E-state index contributed by atoms with van der Waals surface area (Å²) in [5, 5.41) is 7.74. The average Bonchev–Trinajstić information content (AvgIpc) is 3.36. The van der Waals surface area contributed by atoms with Crippen LogP contribution in [0.3, 0.4) is 0 Å². The number of nitrogens with one attached hydrogen (secondary N) is 1. The van der Waals surface area contributed by atoms with Crippen molar-refractivity contribution in [2.45, 2.75) is 37.1 Å². The van der Waals surface area contributed by atoms with Crippen molar-refractivity contribution in [3.05, 3.63) is 68.1 Å². The van der Waals surface area contributed by atoms with Crippen LogP contribution in [-0.4, -0.2) is 51.6 Å². The minimum absolute atomic E-state index is 0.133. The van der Waals surface area contributed by atoms with E-state index >= 15 is 0 Å². The maximum Gasteiger partial charge on any atom is 0.419 e. The van der Waals surface area contributed by atoms with Gasteiger partial charge in [0.1, 0.15) is 5.82 Å². The van der Waals surface area contributed by atoms with Crippen molar-refractivity contribution in [3.8, 4) is 0 Å². The summed E-state index contributed by atoms with van der Waals surface area (Å²) in [7, 11) is 1.42. The molecule has 3 fully saturated rings. The van der Waals surface area contributed by atoms with Gasteiger partial charge >= 0.3 is 6.18 Å². The quantitative estimate of drug-likeness (QED) is 0.523. The van der Waals surface area contributed by atoms with E-state index < -0.39 is 29.2 Å². The standard InChI is InChI=1S/C25H25F4N5O3/c1-13(16-4-3-5-19(21(16)26)25(27,28)29)30-22-18-9-34(20(35)6-17(18)23(36)32(2)31-22)24-7-14(24)8-33(12-24)15-10-37-11-15/h3-6,9,13-15H,7-8,10-12H2,1-2H3,(H,30,31)/t13-,14?,24?/m1/s1. The van der Waals surface area contributed by atoms with Crippen molar-refractivity contribution < 1.29 is 22.3 Å². The monoisotopic (exact) mass is 519 g/mol. The van der Waals surface area contributed by atoms with Gasteiger partial charge in [-0.1, -0.05) is 12.1 Å². The minimum Gasteiger partial charge on any atom is -0.378 e. The number of alkyl halides is 3. The molecule has 3 aromatic rings. The summed E-state index contributed by atoms with van der Waals surface area (Å²) in [4.78, 5) is 28.3. The van der Waals surface area contributed by atoms with E-state index in [1.165, 1.54) is 26.1 Å². The van der Waals surface area contributed by atoms with Crippen LogP contribution in [0.15, 0.2) is 40.1 Å². The smallest absolute Gasteiger partial charge is 0.378 e. The normalized spacial score (nSPS) is 24.6. The summed E-state index contributed by atoms with van der Waals surface area (Å²) >= 11 is 0. The van der Waals surface area contributed by atoms with E-state index in [0.29, 0.717) is 43.2 Å². The predicted octanol–water partition coefficient (Wildman–Crippen LogP) is 2.86. The fourth-order valence-electron chi connectivity index (χ4n) is 5.74. The maximum absolute atomic E-state index is 14.8. The summed E-state index contributed by atoms with van der Waals surface area (Å²) < 4.78 is 62.6. The molecule has 1 N–H and O–H groups in total. The molecule has 1 saturated carbocycles. The summed E-state index contributed by atoms with van der Waals surface area (Å²) in [6.07, 6.45) is -2.38. The number of aromatic nitrogens is 3. The number of ether oxygens (including phenoxy) is 1. The lowest BCUT2D eigenvalue weighted by molar-refractivity contribution is -0.140. The van der Waals surface area contributed by atoms with Crippen LogP contribution in [0.2, 0.25) is 0 Å². The molecule has 37 heavy (non-hydrogen) atoms. The molecule has 0 radical (unpaired) electrons. The molecule has 0 bridgehead atoms. The average molecular weight is 519 g/mol. The van der Waals surface area contributed by atoms with E-state index in [9.17, 15) is 27.2 Å². The zero-order chi connectivity index (χ0) is 26.3. The van der Waals surface area contributed by atoms with Gasteiger partial charge in [-0.05, 0) is 25.3 Å². The molecule has 3 atom stereocenters. The molecule has 2 saturated heterocycles. The van der Waals surface area contributed by atoms with Crippen LogP contribution in [0.4, 0.5) is 23.4 Å². The SMILES string of the molecule is C[C@@H](Nc1nn(C)c(=O)c2cc(=O)n(C34CC3CN(C3COC3)C4)cc12)c1cccc(C(F)(F)F)c1F. The van der Waals surface area contributed by atoms with E-state index in [-0.39, 0.29) is 27.9 Å². The number of rotatable bonds is 5. The molecular weight excluding hydrogens is 494 g/mol. The Morgan fingerprint density at radius 2 is 1.97 bits per heavy atom. The molecule has 2 aromatic heterocycles. The van der Waals surface area contributed by atoms with Gasteiger partial charge in [0.15, 0.2) is 5.82 Å². The lowest BCUT2D eigenvalue weighted by atomic mass is 10.0. The van der Waals surface area contributed by atoms with Gasteiger partial charge in [-0.2, -0.15) is 18.3 Å². The summed E-state index contributed by atoms with van der Waals surface area (Å²) in [5.74, 6) is -0.893. The van der Waals surface area contributed by atoms with Crippen LogP contribution in [-0.2, 0) is 23.5 Å². The first kappa shape index (κ1) is 24.1. The molecule has 196 valence electrons. The third-order valence-corrected chi connectivity index (χ3v) is 7.98. The fraction of sp³-hybridized carbons (Fsp3) is 0.480. The van der Waals surface area contributed by atoms with Crippen molar-refractivity contribution in [3.63, 3.8) is 0 Å². The molecule has 3 aliphatic rings. The predicted molar refractivity (Wildman–Crippen MR) is 127 cm³/mol. The molecule has 12 heteroatoms. The van der Waals surface area contributed by atoms with Crippen LogP contribution in [0.1, 0.15) is 30.5 Å². The first-order valence-electron chi connectivity index (χ1n) is 12.1. The van der Waals surface area contributed by atoms with E-state index in [2.05, 4.69) is 15.3 Å². The Balaban J connectivity index is 1.40. The third kappa shape index (κ3) is 3.76. The van der Waals surface area contributed by atoms with Gasteiger partial charge in [0.05, 0.1) is 41.8 Å². The number of fused-ring (bicyclic) bond motifs is 2. The lowest BCUT2D eigenvalue weighted by Crippen LogP contribution is -2.50. The molecule has 8 nitrogen and oxygen atoms in total. The molecule has 1 aromatic carbocycles. The molecule has 1 aliphatic carbocycles. The van der Waals surface area contributed by atoms with Crippen molar-refractivity contribution in [2.24, 2.45) is 13.0 Å². The number of halogens is 4. The minimum atomic E-state index is -4.83.